The third kappa shape index (κ3) is 4.09. The summed E-state index contributed by atoms with van der Waals surface area (Å²) >= 11 is 6.33. The smallest absolute Gasteiger partial charge is 0.297 e. The number of aromatic nitrogens is 5. The van der Waals surface area contributed by atoms with Gasteiger partial charge in [0.25, 0.3) is 12.3 Å². The maximum Gasteiger partial charge on any atom is 0.297 e. The molecule has 0 spiro atoms. The summed E-state index contributed by atoms with van der Waals surface area (Å²) in [5.74, 6) is -0.989. The molecule has 1 aliphatic carbocycles. The fraction of sp³-hybridized carbons (Fsp3) is 0.320. The van der Waals surface area contributed by atoms with Crippen LogP contribution in [0, 0.1) is 5.41 Å². The number of fused-ring (bicyclic) bond motifs is 1. The molecule has 1 aliphatic heterocycles. The summed E-state index contributed by atoms with van der Waals surface area (Å²) in [5.41, 5.74) is 2.43. The highest BCUT2D eigenvalue weighted by molar-refractivity contribution is 6.32. The number of halogens is 3. The summed E-state index contributed by atoms with van der Waals surface area (Å²) in [6.45, 7) is 0.0514. The van der Waals surface area contributed by atoms with Crippen molar-refractivity contribution in [3.05, 3.63) is 70.9 Å². The molecule has 0 bridgehead atoms. The van der Waals surface area contributed by atoms with Crippen molar-refractivity contribution in [2.24, 2.45) is 0 Å². The first-order chi connectivity index (χ1) is 18.4. The Morgan fingerprint density at radius 1 is 1.21 bits per heavy atom. The predicted molar refractivity (Wildman–Crippen MR) is 134 cm³/mol. The van der Waals surface area contributed by atoms with Crippen molar-refractivity contribution in [1.29, 1.82) is 5.41 Å². The third-order valence-corrected chi connectivity index (χ3v) is 7.16. The lowest BCUT2D eigenvalue weighted by Gasteiger charge is -2.27. The van der Waals surface area contributed by atoms with Crippen LogP contribution in [0.2, 0.25) is 5.02 Å². The minimum absolute atomic E-state index is 0.0514. The second kappa shape index (κ2) is 9.44. The SMILES string of the molecule is COC[C@H](c1ccc(Cl)c(-n2ncnc2C(F)F)c1)N1C(=N)NC(c2ccc3c(cnn3C3CC3)c2)C1=O. The van der Waals surface area contributed by atoms with Crippen molar-refractivity contribution in [3.63, 3.8) is 0 Å². The number of carbonyl (C=O) groups is 1. The summed E-state index contributed by atoms with van der Waals surface area (Å²) in [7, 11) is 1.48. The quantitative estimate of drug-likeness (QED) is 0.344. The molecule has 1 saturated carbocycles. The lowest BCUT2D eigenvalue weighted by Crippen LogP contribution is -2.37. The summed E-state index contributed by atoms with van der Waals surface area (Å²) in [4.78, 5) is 18.6. The number of carbonyl (C=O) groups excluding carboxylic acids is 1. The van der Waals surface area contributed by atoms with Crippen molar-refractivity contribution >= 4 is 34.4 Å². The Morgan fingerprint density at radius 2 is 2.03 bits per heavy atom. The first kappa shape index (κ1) is 24.4. The molecule has 1 amide bonds. The van der Waals surface area contributed by atoms with E-state index < -0.39 is 24.3 Å². The minimum atomic E-state index is -2.86. The van der Waals surface area contributed by atoms with Crippen molar-refractivity contribution in [1.82, 2.24) is 34.8 Å². The van der Waals surface area contributed by atoms with E-state index in [1.54, 1.807) is 18.3 Å². The number of benzene rings is 2. The molecule has 10 nitrogen and oxygen atoms in total. The number of alkyl halides is 2. The largest absolute Gasteiger partial charge is 0.382 e. The van der Waals surface area contributed by atoms with Crippen molar-refractivity contribution in [2.75, 3.05) is 13.7 Å². The topological polar surface area (TPSA) is 114 Å². The number of nitrogens with zero attached hydrogens (tertiary/aromatic N) is 6. The molecule has 1 saturated heterocycles. The van der Waals surface area contributed by atoms with Gasteiger partial charge in [0.05, 0.1) is 41.1 Å². The highest BCUT2D eigenvalue weighted by Gasteiger charge is 2.41. The number of hydrogen-bond acceptors (Lipinski definition) is 6. The molecule has 2 atom stereocenters. The maximum atomic E-state index is 13.7. The van der Waals surface area contributed by atoms with E-state index in [1.807, 2.05) is 22.9 Å². The van der Waals surface area contributed by atoms with Crippen LogP contribution in [0.4, 0.5) is 8.78 Å². The Hall–Kier alpha value is -3.90. The van der Waals surface area contributed by atoms with Crippen LogP contribution in [0.3, 0.4) is 0 Å². The summed E-state index contributed by atoms with van der Waals surface area (Å²) in [6, 6.07) is 9.42. The van der Waals surface area contributed by atoms with Gasteiger partial charge in [-0.15, -0.1) is 0 Å². The maximum absolute atomic E-state index is 13.7. The van der Waals surface area contributed by atoms with Gasteiger partial charge in [0.1, 0.15) is 12.4 Å². The molecule has 6 rings (SSSR count). The fourth-order valence-corrected chi connectivity index (χ4v) is 5.07. The van der Waals surface area contributed by atoms with E-state index in [2.05, 4.69) is 20.5 Å². The standard InChI is InChI=1S/C25H23ClF2N8O2/c1-38-11-20(13-2-6-17(26)19(9-13)36-23(22(27)28)30-12-32-36)34-24(37)21(33-25(34)29)14-3-7-18-15(8-14)10-31-35(18)16-4-5-16/h2-3,6-10,12,16,20-22H,4-5,11H2,1H3,(H2,29,33)/t20-,21?/m1/s1. The van der Waals surface area contributed by atoms with Crippen LogP contribution in [0.15, 0.2) is 48.9 Å². The molecule has 1 unspecified atom stereocenters. The van der Waals surface area contributed by atoms with Gasteiger partial charge >= 0.3 is 0 Å². The molecular weight excluding hydrogens is 518 g/mol. The molecule has 3 heterocycles. The molecular formula is C25H23ClF2N8O2. The van der Waals surface area contributed by atoms with Gasteiger partial charge in [-0.1, -0.05) is 23.7 Å². The first-order valence-electron chi connectivity index (χ1n) is 12.0. The van der Waals surface area contributed by atoms with Crippen molar-refractivity contribution in [3.8, 4) is 5.69 Å². The molecule has 2 aliphatic rings. The van der Waals surface area contributed by atoms with E-state index in [4.69, 9.17) is 21.7 Å². The van der Waals surface area contributed by atoms with Gasteiger partial charge in [-0.05, 0) is 48.2 Å². The lowest BCUT2D eigenvalue weighted by molar-refractivity contribution is -0.129. The lowest BCUT2D eigenvalue weighted by atomic mass is 10.0. The number of ether oxygens (including phenoxy) is 1. The molecule has 2 aromatic carbocycles. The summed E-state index contributed by atoms with van der Waals surface area (Å²) in [6.07, 6.45) is 2.18. The second-order valence-corrected chi connectivity index (χ2v) is 9.69. The Balaban J connectivity index is 1.33. The zero-order chi connectivity index (χ0) is 26.6. The molecule has 2 aromatic heterocycles. The highest BCUT2D eigenvalue weighted by atomic mass is 35.5. The van der Waals surface area contributed by atoms with E-state index in [9.17, 15) is 13.6 Å². The average molecular weight is 541 g/mol. The number of nitrogens with one attached hydrogen (secondary N) is 2. The van der Waals surface area contributed by atoms with E-state index in [0.29, 0.717) is 17.2 Å². The van der Waals surface area contributed by atoms with Crippen LogP contribution in [0.25, 0.3) is 16.6 Å². The van der Waals surface area contributed by atoms with Gasteiger partial charge in [0, 0.05) is 12.5 Å². The molecule has 13 heteroatoms. The van der Waals surface area contributed by atoms with Crippen LogP contribution >= 0.6 is 11.6 Å². The number of hydrogen-bond donors (Lipinski definition) is 2. The molecule has 4 aromatic rings. The van der Waals surface area contributed by atoms with Gasteiger partial charge in [-0.2, -0.15) is 10.2 Å². The fourth-order valence-electron chi connectivity index (χ4n) is 4.88. The molecule has 2 N–H and O–H groups in total. The Kier molecular flexibility index (Phi) is 6.07. The summed E-state index contributed by atoms with van der Waals surface area (Å²) in [5, 5.41) is 21.1. The Bertz CT molecular complexity index is 1550. The minimum Gasteiger partial charge on any atom is -0.382 e. The molecule has 196 valence electrons. The van der Waals surface area contributed by atoms with Gasteiger partial charge in [0.15, 0.2) is 11.8 Å². The van der Waals surface area contributed by atoms with Gasteiger partial charge in [0.2, 0.25) is 0 Å². The van der Waals surface area contributed by atoms with Gasteiger partial charge in [-0.25, -0.2) is 18.4 Å². The van der Waals surface area contributed by atoms with Crippen molar-refractivity contribution < 1.29 is 18.3 Å². The van der Waals surface area contributed by atoms with Crippen LogP contribution < -0.4 is 5.32 Å². The Morgan fingerprint density at radius 3 is 2.76 bits per heavy atom. The van der Waals surface area contributed by atoms with Crippen molar-refractivity contribution in [2.45, 2.75) is 37.4 Å². The van der Waals surface area contributed by atoms with E-state index in [-0.39, 0.29) is 29.2 Å². The predicted octanol–water partition coefficient (Wildman–Crippen LogP) is 4.34. The number of amides is 1. The third-order valence-electron chi connectivity index (χ3n) is 6.84. The highest BCUT2D eigenvalue weighted by Crippen LogP contribution is 2.38. The van der Waals surface area contributed by atoms with Crippen LogP contribution in [-0.2, 0) is 9.53 Å². The molecule has 0 radical (unpaired) electrons. The summed E-state index contributed by atoms with van der Waals surface area (Å²) < 4.78 is 35.3. The number of guanidine groups is 1. The van der Waals surface area contributed by atoms with E-state index in [1.165, 1.54) is 18.1 Å². The van der Waals surface area contributed by atoms with E-state index in [0.717, 1.165) is 34.8 Å². The normalized spacial score (nSPS) is 18.6. The Labute approximate surface area is 220 Å². The second-order valence-electron chi connectivity index (χ2n) is 9.29. The van der Waals surface area contributed by atoms with Gasteiger partial charge in [-0.3, -0.25) is 19.8 Å². The number of rotatable bonds is 8. The van der Waals surface area contributed by atoms with Gasteiger partial charge < -0.3 is 10.1 Å². The zero-order valence-corrected chi connectivity index (χ0v) is 20.9. The zero-order valence-electron chi connectivity index (χ0n) is 20.2. The van der Waals surface area contributed by atoms with Crippen LogP contribution in [-0.4, -0.2) is 55.0 Å². The molecule has 2 fully saturated rings. The van der Waals surface area contributed by atoms with Crippen LogP contribution in [0.1, 0.15) is 54.3 Å². The van der Waals surface area contributed by atoms with Crippen LogP contribution in [0.5, 0.6) is 0 Å². The monoisotopic (exact) mass is 540 g/mol. The average Bonchev–Trinajstić information content (AvgIpc) is 3.33. The molecule has 38 heavy (non-hydrogen) atoms. The van der Waals surface area contributed by atoms with E-state index >= 15 is 0 Å². The first-order valence-corrected chi connectivity index (χ1v) is 12.4. The number of methoxy groups -OCH3 is 1.